The van der Waals surface area contributed by atoms with Gasteiger partial charge in [0.2, 0.25) is 10.0 Å². The summed E-state index contributed by atoms with van der Waals surface area (Å²) in [5.74, 6) is 0.204. The predicted octanol–water partition coefficient (Wildman–Crippen LogP) is 6.98. The molecule has 0 fully saturated rings. The molecule has 1 aromatic heterocycles. The third-order valence-corrected chi connectivity index (χ3v) is 10.7. The van der Waals surface area contributed by atoms with Gasteiger partial charge in [-0.05, 0) is 72.0 Å². The molecule has 0 saturated carbocycles. The van der Waals surface area contributed by atoms with Crippen molar-refractivity contribution < 1.29 is 22.7 Å². The number of ether oxygens (including phenoxy) is 1. The summed E-state index contributed by atoms with van der Waals surface area (Å²) in [6.45, 7) is 0.326. The first-order valence-corrected chi connectivity index (χ1v) is 18.1. The maximum atomic E-state index is 13.2. The van der Waals surface area contributed by atoms with Crippen molar-refractivity contribution in [2.45, 2.75) is 38.6 Å². The Morgan fingerprint density at radius 2 is 1.65 bits per heavy atom. The van der Waals surface area contributed by atoms with E-state index < -0.39 is 10.0 Å². The highest BCUT2D eigenvalue weighted by Gasteiger charge is 2.21. The number of anilines is 1. The molecular weight excluding hydrogens is 617 g/mol. The maximum Gasteiger partial charge on any atom is 0.251 e. The van der Waals surface area contributed by atoms with E-state index in [-0.39, 0.29) is 24.8 Å². The average Bonchev–Trinajstić information content (AvgIpc) is 3.46. The zero-order valence-electron chi connectivity index (χ0n) is 25.7. The molecule has 0 radical (unpaired) electrons. The number of Topliss-reactive ketones (excluding diaryl/α,β-unsaturated/α-hetero) is 1. The van der Waals surface area contributed by atoms with Crippen molar-refractivity contribution in [2.75, 3.05) is 23.7 Å². The summed E-state index contributed by atoms with van der Waals surface area (Å²) in [5, 5.41) is 4.06. The first kappa shape index (κ1) is 31.5. The zero-order chi connectivity index (χ0) is 32.1. The molecule has 7 nitrogen and oxygen atoms in total. The highest BCUT2D eigenvalue weighted by Crippen LogP contribution is 2.40. The molecule has 6 rings (SSSR count). The average molecular weight is 653 g/mol. The zero-order valence-corrected chi connectivity index (χ0v) is 27.3. The molecule has 236 valence electrons. The Kier molecular flexibility index (Phi) is 9.51. The fourth-order valence-electron chi connectivity index (χ4n) is 5.94. The molecule has 0 saturated heterocycles. The molecule has 1 amide bonds. The Hall–Kier alpha value is -4.47. The molecule has 4 aromatic carbocycles. The number of fused-ring (bicyclic) bond motifs is 3. The van der Waals surface area contributed by atoms with Gasteiger partial charge in [0.15, 0.2) is 5.78 Å². The quantitative estimate of drug-likeness (QED) is 0.147. The van der Waals surface area contributed by atoms with E-state index in [4.69, 9.17) is 4.74 Å². The summed E-state index contributed by atoms with van der Waals surface area (Å²) < 4.78 is 34.0. The van der Waals surface area contributed by atoms with Crippen LogP contribution in [0.1, 0.15) is 55.1 Å². The number of carbonyl (C=O) groups excluding carboxylic acids is 2. The first-order chi connectivity index (χ1) is 22.3. The van der Waals surface area contributed by atoms with Crippen LogP contribution in [-0.2, 0) is 35.8 Å². The van der Waals surface area contributed by atoms with Gasteiger partial charge in [0.05, 0.1) is 36.3 Å². The number of aryl methyl sites for hydroxylation is 2. The highest BCUT2D eigenvalue weighted by molar-refractivity contribution is 7.92. The minimum Gasteiger partial charge on any atom is -0.492 e. The van der Waals surface area contributed by atoms with Crippen LogP contribution in [0.25, 0.3) is 10.1 Å². The Labute approximate surface area is 273 Å². The third kappa shape index (κ3) is 7.16. The lowest BCUT2D eigenvalue weighted by atomic mass is 9.96. The van der Waals surface area contributed by atoms with E-state index in [1.54, 1.807) is 36.4 Å². The van der Waals surface area contributed by atoms with Crippen LogP contribution < -0.4 is 14.4 Å². The van der Waals surface area contributed by atoms with Gasteiger partial charge >= 0.3 is 0 Å². The number of nitrogens with one attached hydrogen (secondary N) is 1. The van der Waals surface area contributed by atoms with E-state index in [2.05, 4.69) is 17.4 Å². The Morgan fingerprint density at radius 3 is 2.48 bits per heavy atom. The van der Waals surface area contributed by atoms with E-state index in [9.17, 15) is 18.0 Å². The number of rotatable bonds is 12. The number of hydrogen-bond acceptors (Lipinski definition) is 6. The Morgan fingerprint density at radius 1 is 0.891 bits per heavy atom. The van der Waals surface area contributed by atoms with Crippen molar-refractivity contribution in [2.24, 2.45) is 0 Å². The van der Waals surface area contributed by atoms with Gasteiger partial charge < -0.3 is 10.1 Å². The molecule has 5 aromatic rings. The topological polar surface area (TPSA) is 92.8 Å². The number of thiophene rings is 1. The van der Waals surface area contributed by atoms with Crippen molar-refractivity contribution in [1.82, 2.24) is 5.32 Å². The second kappa shape index (κ2) is 13.9. The third-order valence-electron chi connectivity index (χ3n) is 8.27. The molecule has 0 spiro atoms. The van der Waals surface area contributed by atoms with Gasteiger partial charge in [-0.15, -0.1) is 11.3 Å². The fraction of sp³-hybridized carbons (Fsp3) is 0.243. The van der Waals surface area contributed by atoms with Gasteiger partial charge in [-0.2, -0.15) is 0 Å². The number of sulfonamides is 1. The summed E-state index contributed by atoms with van der Waals surface area (Å²) in [6, 6.07) is 29.3. The summed E-state index contributed by atoms with van der Waals surface area (Å²) >= 11 is 1.84. The fourth-order valence-corrected chi connectivity index (χ4v) is 8.18. The van der Waals surface area contributed by atoms with E-state index in [1.807, 2.05) is 59.9 Å². The molecule has 0 aliphatic heterocycles. The SMILES string of the molecule is CS(=O)(=O)N(Cc1ccccc1)c1cccc(C(=O)CNC(=O)c2ccccc2CCOc2cccc3c4c(sc23)CCCC4)c1. The van der Waals surface area contributed by atoms with Crippen LogP contribution in [-0.4, -0.2) is 39.5 Å². The lowest BCUT2D eigenvalue weighted by Crippen LogP contribution is -2.31. The molecule has 1 heterocycles. The second-order valence-electron chi connectivity index (χ2n) is 11.5. The normalized spacial score (nSPS) is 12.8. The van der Waals surface area contributed by atoms with E-state index >= 15 is 0 Å². The van der Waals surface area contributed by atoms with Crippen molar-refractivity contribution >= 4 is 48.8 Å². The number of carbonyl (C=O) groups is 2. The number of ketones is 1. The van der Waals surface area contributed by atoms with Crippen molar-refractivity contribution in [3.05, 3.63) is 130 Å². The molecule has 0 unspecified atom stereocenters. The predicted molar refractivity (Wildman–Crippen MR) is 185 cm³/mol. The Balaban J connectivity index is 1.09. The molecule has 0 atom stereocenters. The molecule has 46 heavy (non-hydrogen) atoms. The molecule has 9 heteroatoms. The van der Waals surface area contributed by atoms with E-state index in [0.29, 0.717) is 29.8 Å². The van der Waals surface area contributed by atoms with Gasteiger partial charge in [0.25, 0.3) is 5.91 Å². The van der Waals surface area contributed by atoms with Crippen LogP contribution in [0.2, 0.25) is 0 Å². The summed E-state index contributed by atoms with van der Waals surface area (Å²) in [6.07, 6.45) is 6.41. The van der Waals surface area contributed by atoms with Gasteiger partial charge in [-0.1, -0.05) is 72.8 Å². The summed E-state index contributed by atoms with van der Waals surface area (Å²) in [7, 11) is -3.62. The minimum absolute atomic E-state index is 0.138. The monoisotopic (exact) mass is 652 g/mol. The summed E-state index contributed by atoms with van der Waals surface area (Å²) in [4.78, 5) is 27.9. The van der Waals surface area contributed by atoms with Gasteiger partial charge in [-0.25, -0.2) is 8.42 Å². The maximum absolute atomic E-state index is 13.2. The van der Waals surface area contributed by atoms with Crippen LogP contribution in [0.15, 0.2) is 97.1 Å². The van der Waals surface area contributed by atoms with E-state index in [1.165, 1.54) is 37.7 Å². The van der Waals surface area contributed by atoms with Gasteiger partial charge in [0, 0.05) is 22.4 Å². The first-order valence-electron chi connectivity index (χ1n) is 15.4. The largest absolute Gasteiger partial charge is 0.492 e. The van der Waals surface area contributed by atoms with Crippen molar-refractivity contribution in [3.63, 3.8) is 0 Å². The van der Waals surface area contributed by atoms with Crippen molar-refractivity contribution in [3.8, 4) is 5.75 Å². The smallest absolute Gasteiger partial charge is 0.251 e. The van der Waals surface area contributed by atoms with Gasteiger partial charge in [-0.3, -0.25) is 13.9 Å². The summed E-state index contributed by atoms with van der Waals surface area (Å²) in [5.41, 5.74) is 4.31. The van der Waals surface area contributed by atoms with Crippen LogP contribution in [0, 0.1) is 0 Å². The highest BCUT2D eigenvalue weighted by atomic mass is 32.2. The number of amides is 1. The number of hydrogen-bond donors (Lipinski definition) is 1. The van der Waals surface area contributed by atoms with Crippen LogP contribution in [0.5, 0.6) is 5.75 Å². The number of nitrogens with zero attached hydrogens (tertiary/aromatic N) is 1. The molecule has 1 aliphatic carbocycles. The van der Waals surface area contributed by atoms with E-state index in [0.717, 1.165) is 36.0 Å². The lowest BCUT2D eigenvalue weighted by Gasteiger charge is -2.23. The Bertz CT molecular complexity index is 1990. The standard InChI is InChI=1S/C37H36N2O5S2/c1-46(42,43)39(25-26-11-3-2-4-12-26)29-15-9-14-28(23-29)33(40)24-38-37(41)30-16-6-5-13-27(30)21-22-44-34-19-10-18-32-31-17-7-8-20-35(31)45-36(32)34/h2-6,9-16,18-19,23H,7-8,17,20-22,24-25H2,1H3,(H,38,41). The second-order valence-corrected chi connectivity index (χ2v) is 14.5. The lowest BCUT2D eigenvalue weighted by molar-refractivity contribution is 0.0903. The molecular formula is C37H36N2O5S2. The molecule has 0 bridgehead atoms. The minimum atomic E-state index is -3.62. The van der Waals surface area contributed by atoms with Crippen LogP contribution in [0.3, 0.4) is 0 Å². The molecule has 1 N–H and O–H groups in total. The number of benzene rings is 4. The molecule has 1 aliphatic rings. The van der Waals surface area contributed by atoms with Crippen LogP contribution >= 0.6 is 11.3 Å². The van der Waals surface area contributed by atoms with Gasteiger partial charge in [0.1, 0.15) is 5.75 Å². The van der Waals surface area contributed by atoms with Crippen molar-refractivity contribution in [1.29, 1.82) is 0 Å². The van der Waals surface area contributed by atoms with Crippen LogP contribution in [0.4, 0.5) is 5.69 Å².